The first-order valence-corrected chi connectivity index (χ1v) is 14.1. The maximum atomic E-state index is 13.4. The molecule has 0 bridgehead atoms. The van der Waals surface area contributed by atoms with Crippen LogP contribution in [0.25, 0.3) is 22.3 Å². The molecule has 1 aliphatic heterocycles. The number of rotatable bonds is 10. The molecule has 1 saturated carbocycles. The van der Waals surface area contributed by atoms with E-state index in [4.69, 9.17) is 0 Å². The van der Waals surface area contributed by atoms with Crippen molar-refractivity contribution in [2.24, 2.45) is 22.3 Å². The van der Waals surface area contributed by atoms with Crippen LogP contribution in [0.15, 0.2) is 70.1 Å². The van der Waals surface area contributed by atoms with Crippen LogP contribution >= 0.6 is 0 Å². The van der Waals surface area contributed by atoms with Crippen LogP contribution in [0.3, 0.4) is 0 Å². The molecule has 1 aromatic heterocycles. The number of hydrogen-bond acceptors (Lipinski definition) is 6. The Bertz CT molecular complexity index is 1430. The summed E-state index contributed by atoms with van der Waals surface area (Å²) in [4.78, 5) is 32.1. The van der Waals surface area contributed by atoms with E-state index in [0.717, 1.165) is 65.5 Å². The summed E-state index contributed by atoms with van der Waals surface area (Å²) in [7, 11) is 1.89. The van der Waals surface area contributed by atoms with Crippen molar-refractivity contribution in [2.75, 3.05) is 6.67 Å². The summed E-state index contributed by atoms with van der Waals surface area (Å²) in [6, 6.07) is 14.2. The number of aliphatic carboxylic acids is 1. The Morgan fingerprint density at radius 1 is 1.00 bits per heavy atom. The fourth-order valence-corrected chi connectivity index (χ4v) is 5.75. The van der Waals surface area contributed by atoms with E-state index in [0.29, 0.717) is 31.8 Å². The quantitative estimate of drug-likeness (QED) is 0.328. The number of carboxylic acid groups (broad SMARTS) is 1. The molecule has 0 atom stereocenters. The largest absolute Gasteiger partial charge is 0.479 e. The molecule has 0 radical (unpaired) electrons. The minimum absolute atomic E-state index is 0.0775. The second kappa shape index (κ2) is 11.9. The van der Waals surface area contributed by atoms with Crippen molar-refractivity contribution in [3.63, 3.8) is 0 Å². The van der Waals surface area contributed by atoms with E-state index in [1.165, 1.54) is 0 Å². The average Bonchev–Trinajstić information content (AvgIpc) is 3.67. The number of amides is 1. The maximum absolute atomic E-state index is 13.4. The molecule has 1 N–H and O–H groups in total. The van der Waals surface area contributed by atoms with Gasteiger partial charge in [0.2, 0.25) is 5.91 Å². The maximum Gasteiger partial charge on any atom is 0.329 e. The van der Waals surface area contributed by atoms with Gasteiger partial charge in [-0.25, -0.2) is 9.79 Å². The summed E-state index contributed by atoms with van der Waals surface area (Å²) in [5, 5.41) is 22.9. The standard InChI is InChI=1S/C31H36N6O3/c1-3-4-8-28(38)37(31(30(39)40)15-6-5-7-16-31)19-22-9-11-23(12-10-22)27-17-24(25-18-34-36(2)20-25)13-14-26(27)29-32-21-33-35-29/h9-14,17-18,20H,3-8,15-16,19,21H2,1-2H3,(H,39,40). The molecule has 2 aromatic carbocycles. The molecular formula is C31H36N6O3. The van der Waals surface area contributed by atoms with Crippen LogP contribution in [0, 0.1) is 0 Å². The Kier molecular flexibility index (Phi) is 8.19. The Labute approximate surface area is 234 Å². The third-order valence-corrected chi connectivity index (χ3v) is 7.99. The van der Waals surface area contributed by atoms with Gasteiger partial charge >= 0.3 is 5.97 Å². The summed E-state index contributed by atoms with van der Waals surface area (Å²) in [5.41, 5.74) is 4.64. The van der Waals surface area contributed by atoms with Crippen molar-refractivity contribution in [3.05, 3.63) is 66.0 Å². The van der Waals surface area contributed by atoms with E-state index in [1.807, 2.05) is 62.8 Å². The number of hydrogen-bond donors (Lipinski definition) is 1. The smallest absolute Gasteiger partial charge is 0.329 e. The van der Waals surface area contributed by atoms with Crippen LogP contribution in [-0.2, 0) is 23.2 Å². The Morgan fingerprint density at radius 2 is 1.75 bits per heavy atom. The van der Waals surface area contributed by atoms with Crippen LogP contribution in [0.4, 0.5) is 0 Å². The molecule has 5 rings (SSSR count). The molecule has 2 aliphatic rings. The summed E-state index contributed by atoms with van der Waals surface area (Å²) in [5.74, 6) is -0.367. The van der Waals surface area contributed by atoms with Crippen molar-refractivity contribution in [3.8, 4) is 22.3 Å². The normalized spacial score (nSPS) is 16.1. The molecule has 2 heterocycles. The highest BCUT2D eigenvalue weighted by Gasteiger charge is 2.46. The van der Waals surface area contributed by atoms with Gasteiger partial charge in [-0.2, -0.15) is 10.2 Å². The van der Waals surface area contributed by atoms with E-state index in [2.05, 4.69) is 26.4 Å². The van der Waals surface area contributed by atoms with Crippen LogP contribution < -0.4 is 0 Å². The van der Waals surface area contributed by atoms with Gasteiger partial charge in [0.25, 0.3) is 0 Å². The van der Waals surface area contributed by atoms with Crippen LogP contribution in [-0.4, -0.2) is 49.7 Å². The molecular weight excluding hydrogens is 504 g/mol. The van der Waals surface area contributed by atoms with Crippen molar-refractivity contribution in [1.82, 2.24) is 14.7 Å². The Balaban J connectivity index is 1.48. The van der Waals surface area contributed by atoms with Crippen molar-refractivity contribution in [1.29, 1.82) is 0 Å². The van der Waals surface area contributed by atoms with Crippen LogP contribution in [0.2, 0.25) is 0 Å². The number of carboxylic acids is 1. The number of unbranched alkanes of at least 4 members (excludes halogenated alkanes) is 1. The van der Waals surface area contributed by atoms with Gasteiger partial charge < -0.3 is 10.0 Å². The molecule has 40 heavy (non-hydrogen) atoms. The fraction of sp³-hybridized carbons (Fsp3) is 0.419. The lowest BCUT2D eigenvalue weighted by atomic mass is 9.79. The number of amidine groups is 1. The topological polar surface area (TPSA) is 113 Å². The minimum atomic E-state index is -1.14. The lowest BCUT2D eigenvalue weighted by molar-refractivity contribution is -0.163. The molecule has 9 heteroatoms. The van der Waals surface area contributed by atoms with Gasteiger partial charge in [-0.05, 0) is 53.6 Å². The van der Waals surface area contributed by atoms with Gasteiger partial charge in [-0.1, -0.05) is 62.9 Å². The van der Waals surface area contributed by atoms with Gasteiger partial charge in [0.1, 0.15) is 5.54 Å². The third-order valence-electron chi connectivity index (χ3n) is 7.99. The van der Waals surface area contributed by atoms with E-state index in [-0.39, 0.29) is 12.5 Å². The third kappa shape index (κ3) is 5.59. The van der Waals surface area contributed by atoms with E-state index < -0.39 is 11.5 Å². The fourth-order valence-electron chi connectivity index (χ4n) is 5.75. The zero-order valence-electron chi connectivity index (χ0n) is 23.2. The molecule has 9 nitrogen and oxygen atoms in total. The van der Waals surface area contributed by atoms with Crippen molar-refractivity contribution in [2.45, 2.75) is 70.4 Å². The number of aromatic nitrogens is 2. The van der Waals surface area contributed by atoms with Crippen LogP contribution in [0.5, 0.6) is 0 Å². The first-order valence-electron chi connectivity index (χ1n) is 14.1. The number of azo groups is 1. The molecule has 0 saturated heterocycles. The van der Waals surface area contributed by atoms with Gasteiger partial charge in [0, 0.05) is 37.3 Å². The number of aryl methyl sites for hydroxylation is 1. The molecule has 1 amide bonds. The highest BCUT2D eigenvalue weighted by Crippen LogP contribution is 2.37. The molecule has 0 unspecified atom stereocenters. The lowest BCUT2D eigenvalue weighted by Gasteiger charge is -2.43. The molecule has 1 aliphatic carbocycles. The second-order valence-electron chi connectivity index (χ2n) is 10.7. The predicted octanol–water partition coefficient (Wildman–Crippen LogP) is 6.23. The summed E-state index contributed by atoms with van der Waals surface area (Å²) >= 11 is 0. The van der Waals surface area contributed by atoms with Gasteiger partial charge in [0.05, 0.1) is 6.20 Å². The zero-order valence-corrected chi connectivity index (χ0v) is 23.2. The van der Waals surface area contributed by atoms with Gasteiger partial charge in [-0.3, -0.25) is 9.48 Å². The summed E-state index contributed by atoms with van der Waals surface area (Å²) in [6.45, 7) is 2.64. The Morgan fingerprint density at radius 3 is 2.38 bits per heavy atom. The van der Waals surface area contributed by atoms with Gasteiger partial charge in [0.15, 0.2) is 12.5 Å². The number of carbonyl (C=O) groups excluding carboxylic acids is 1. The van der Waals surface area contributed by atoms with Gasteiger partial charge in [-0.15, -0.1) is 5.11 Å². The summed E-state index contributed by atoms with van der Waals surface area (Å²) < 4.78 is 1.77. The molecule has 208 valence electrons. The predicted molar refractivity (Wildman–Crippen MR) is 154 cm³/mol. The van der Waals surface area contributed by atoms with E-state index >= 15 is 0 Å². The number of carbonyl (C=O) groups is 2. The first kappa shape index (κ1) is 27.4. The van der Waals surface area contributed by atoms with Crippen molar-refractivity contribution < 1.29 is 14.7 Å². The minimum Gasteiger partial charge on any atom is -0.479 e. The number of nitrogens with zero attached hydrogens (tertiary/aromatic N) is 6. The zero-order chi connectivity index (χ0) is 28.1. The highest BCUT2D eigenvalue weighted by molar-refractivity contribution is 6.06. The van der Waals surface area contributed by atoms with E-state index in [1.54, 1.807) is 9.58 Å². The van der Waals surface area contributed by atoms with Crippen molar-refractivity contribution >= 4 is 17.7 Å². The number of benzene rings is 2. The molecule has 1 fully saturated rings. The average molecular weight is 541 g/mol. The summed E-state index contributed by atoms with van der Waals surface area (Å²) in [6.07, 6.45) is 9.46. The van der Waals surface area contributed by atoms with E-state index in [9.17, 15) is 14.7 Å². The SMILES string of the molecule is CCCCC(=O)N(Cc1ccc(-c2cc(-c3cnn(C)c3)ccc2C2=NCN=N2)cc1)C1(C(=O)O)CCCCC1. The highest BCUT2D eigenvalue weighted by atomic mass is 16.4. The number of aliphatic imine (C=N–C) groups is 1. The Hall–Kier alpha value is -4.14. The second-order valence-corrected chi connectivity index (χ2v) is 10.7. The first-order chi connectivity index (χ1) is 19.4. The van der Waals surface area contributed by atoms with Crippen LogP contribution in [0.1, 0.15) is 69.4 Å². The molecule has 0 spiro atoms. The monoisotopic (exact) mass is 540 g/mol. The molecule has 3 aromatic rings. The lowest BCUT2D eigenvalue weighted by Crippen LogP contribution is -2.57.